The van der Waals surface area contributed by atoms with Crippen LogP contribution in [0.4, 0.5) is 0 Å². The molecule has 118 valence electrons. The summed E-state index contributed by atoms with van der Waals surface area (Å²) in [7, 11) is 0. The van der Waals surface area contributed by atoms with Gasteiger partial charge in [0.1, 0.15) is 0 Å². The molecule has 2 amide bonds. The lowest BCUT2D eigenvalue weighted by atomic mass is 10.2. The highest BCUT2D eigenvalue weighted by Gasteiger charge is 2.26. The molecule has 1 aliphatic carbocycles. The number of carbonyl (C=O) groups excluding carboxylic acids is 2. The first-order valence-electron chi connectivity index (χ1n) is 6.80. The number of rotatable bonds is 5. The highest BCUT2D eigenvalue weighted by Crippen LogP contribution is 2.34. The van der Waals surface area contributed by atoms with Gasteiger partial charge in [-0.1, -0.05) is 11.6 Å². The first-order valence-corrected chi connectivity index (χ1v) is 7.18. The van der Waals surface area contributed by atoms with Crippen LogP contribution in [0.15, 0.2) is 17.2 Å². The third-order valence-corrected chi connectivity index (χ3v) is 3.14. The third kappa shape index (κ3) is 4.36. The predicted molar refractivity (Wildman–Crippen MR) is 81.2 cm³/mol. The molecule has 0 atom stereocenters. The molecule has 0 saturated heterocycles. The number of nitrogens with one attached hydrogen (secondary N) is 2. The van der Waals surface area contributed by atoms with Crippen LogP contribution in [0.2, 0.25) is 5.02 Å². The minimum Gasteiger partial charge on any atom is -0.503 e. The zero-order chi connectivity index (χ0) is 16.1. The quantitative estimate of drug-likeness (QED) is 0.430. The van der Waals surface area contributed by atoms with Gasteiger partial charge in [-0.3, -0.25) is 9.59 Å². The van der Waals surface area contributed by atoms with E-state index in [1.165, 1.54) is 18.3 Å². The molecule has 0 unspecified atom stereocenters. The lowest BCUT2D eigenvalue weighted by molar-refractivity contribution is -0.139. The molecule has 1 aromatic carbocycles. The highest BCUT2D eigenvalue weighted by atomic mass is 35.5. The molecule has 3 N–H and O–H groups in total. The van der Waals surface area contributed by atoms with E-state index in [1.54, 1.807) is 6.92 Å². The first kappa shape index (κ1) is 16.1. The molecule has 0 heterocycles. The van der Waals surface area contributed by atoms with Gasteiger partial charge in [-0.2, -0.15) is 5.10 Å². The van der Waals surface area contributed by atoms with E-state index < -0.39 is 11.8 Å². The topological polar surface area (TPSA) is 100 Å². The average Bonchev–Trinajstić information content (AvgIpc) is 3.28. The predicted octanol–water partition coefficient (Wildman–Crippen LogP) is 1.17. The molecular weight excluding hydrogens is 310 g/mol. The van der Waals surface area contributed by atoms with Crippen LogP contribution >= 0.6 is 11.6 Å². The minimum atomic E-state index is -0.835. The van der Waals surface area contributed by atoms with E-state index in [4.69, 9.17) is 16.3 Å². The average molecular weight is 326 g/mol. The minimum absolute atomic E-state index is 0.102. The molecule has 1 aliphatic rings. The van der Waals surface area contributed by atoms with Crippen molar-refractivity contribution in [3.05, 3.63) is 22.7 Å². The van der Waals surface area contributed by atoms with Crippen LogP contribution in [0.3, 0.4) is 0 Å². The van der Waals surface area contributed by atoms with Crippen LogP contribution in [-0.4, -0.2) is 35.8 Å². The van der Waals surface area contributed by atoms with Crippen LogP contribution in [0.1, 0.15) is 25.3 Å². The van der Waals surface area contributed by atoms with Gasteiger partial charge in [0.2, 0.25) is 0 Å². The number of ether oxygens (including phenoxy) is 1. The van der Waals surface area contributed by atoms with Crippen molar-refractivity contribution in [2.45, 2.75) is 25.8 Å². The van der Waals surface area contributed by atoms with Crippen molar-refractivity contribution >= 4 is 29.6 Å². The number of nitrogens with zero attached hydrogens (tertiary/aromatic N) is 1. The Balaban J connectivity index is 1.97. The van der Waals surface area contributed by atoms with Crippen molar-refractivity contribution in [1.29, 1.82) is 0 Å². The summed E-state index contributed by atoms with van der Waals surface area (Å²) in [6.45, 7) is 2.13. The largest absolute Gasteiger partial charge is 0.503 e. The standard InChI is InChI=1S/C14H16ClN3O4/c1-2-22-11-6-8(5-10(15)12(11)19)7-16-18-14(21)13(20)17-9-3-4-9/h5-7,9,19H,2-4H2,1H3,(H,17,20)(H,18,21)/b16-7-. The molecule has 0 spiro atoms. The Morgan fingerprint density at radius 3 is 2.82 bits per heavy atom. The zero-order valence-electron chi connectivity index (χ0n) is 11.9. The van der Waals surface area contributed by atoms with Gasteiger partial charge in [-0.15, -0.1) is 0 Å². The molecule has 1 aromatic rings. The summed E-state index contributed by atoms with van der Waals surface area (Å²) in [5.74, 6) is -1.49. The van der Waals surface area contributed by atoms with Crippen molar-refractivity contribution in [3.8, 4) is 11.5 Å². The number of carbonyl (C=O) groups is 2. The number of amides is 2. The first-order chi connectivity index (χ1) is 10.5. The summed E-state index contributed by atoms with van der Waals surface area (Å²) in [6, 6.07) is 3.08. The summed E-state index contributed by atoms with van der Waals surface area (Å²) in [5.41, 5.74) is 2.63. The van der Waals surface area contributed by atoms with E-state index in [1.807, 2.05) is 0 Å². The lowest BCUT2D eigenvalue weighted by Crippen LogP contribution is -2.38. The zero-order valence-corrected chi connectivity index (χ0v) is 12.7. The van der Waals surface area contributed by atoms with Gasteiger partial charge in [0, 0.05) is 6.04 Å². The molecule has 0 bridgehead atoms. The second-order valence-electron chi connectivity index (χ2n) is 4.73. The van der Waals surface area contributed by atoms with E-state index in [0.29, 0.717) is 12.2 Å². The van der Waals surface area contributed by atoms with Crippen LogP contribution < -0.4 is 15.5 Å². The molecule has 7 nitrogen and oxygen atoms in total. The fourth-order valence-corrected chi connectivity index (χ4v) is 1.85. The summed E-state index contributed by atoms with van der Waals surface area (Å²) in [4.78, 5) is 22.9. The number of phenols is 1. The SMILES string of the molecule is CCOc1cc(/C=N\NC(=O)C(=O)NC2CC2)cc(Cl)c1O. The Hall–Kier alpha value is -2.28. The van der Waals surface area contributed by atoms with Crippen LogP contribution in [0, 0.1) is 0 Å². The Kier molecular flexibility index (Phi) is 5.21. The smallest absolute Gasteiger partial charge is 0.329 e. The van der Waals surface area contributed by atoms with Crippen LogP contribution in [-0.2, 0) is 9.59 Å². The molecule has 0 radical (unpaired) electrons. The summed E-state index contributed by atoms with van der Waals surface area (Å²) < 4.78 is 5.23. The third-order valence-electron chi connectivity index (χ3n) is 2.85. The summed E-state index contributed by atoms with van der Waals surface area (Å²) in [5, 5.41) is 16.0. The van der Waals surface area contributed by atoms with Crippen LogP contribution in [0.5, 0.6) is 11.5 Å². The number of hydrazone groups is 1. The number of hydrogen-bond acceptors (Lipinski definition) is 5. The maximum Gasteiger partial charge on any atom is 0.329 e. The molecule has 1 saturated carbocycles. The number of benzene rings is 1. The fourth-order valence-electron chi connectivity index (χ4n) is 1.63. The van der Waals surface area contributed by atoms with Gasteiger partial charge >= 0.3 is 11.8 Å². The van der Waals surface area contributed by atoms with Gasteiger partial charge in [0.25, 0.3) is 0 Å². The van der Waals surface area contributed by atoms with Crippen molar-refractivity contribution in [2.75, 3.05) is 6.61 Å². The van der Waals surface area contributed by atoms with E-state index in [0.717, 1.165) is 12.8 Å². The van der Waals surface area contributed by atoms with Gasteiger partial charge in [-0.25, -0.2) is 5.43 Å². The Labute approximate surface area is 132 Å². The molecule has 22 heavy (non-hydrogen) atoms. The monoisotopic (exact) mass is 325 g/mol. The molecule has 2 rings (SSSR count). The number of phenolic OH excluding ortho intramolecular Hbond substituents is 1. The summed E-state index contributed by atoms with van der Waals surface area (Å²) >= 11 is 5.87. The normalized spacial score (nSPS) is 13.9. The number of halogens is 1. The lowest BCUT2D eigenvalue weighted by Gasteiger charge is -2.08. The van der Waals surface area contributed by atoms with Crippen molar-refractivity contribution in [2.24, 2.45) is 5.10 Å². The second kappa shape index (κ2) is 7.13. The van der Waals surface area contributed by atoms with E-state index >= 15 is 0 Å². The maximum atomic E-state index is 11.5. The van der Waals surface area contributed by atoms with Gasteiger partial charge in [-0.05, 0) is 37.5 Å². The molecule has 8 heteroatoms. The van der Waals surface area contributed by atoms with Crippen molar-refractivity contribution in [1.82, 2.24) is 10.7 Å². The van der Waals surface area contributed by atoms with E-state index in [-0.39, 0.29) is 22.6 Å². The molecule has 0 aliphatic heterocycles. The maximum absolute atomic E-state index is 11.5. The van der Waals surface area contributed by atoms with Gasteiger partial charge < -0.3 is 15.2 Å². The van der Waals surface area contributed by atoms with E-state index in [9.17, 15) is 14.7 Å². The molecule has 0 aromatic heterocycles. The van der Waals surface area contributed by atoms with E-state index in [2.05, 4.69) is 15.8 Å². The van der Waals surface area contributed by atoms with Crippen molar-refractivity contribution in [3.63, 3.8) is 0 Å². The van der Waals surface area contributed by atoms with Gasteiger partial charge in [0.15, 0.2) is 11.5 Å². The second-order valence-corrected chi connectivity index (χ2v) is 5.14. The summed E-state index contributed by atoms with van der Waals surface area (Å²) in [6.07, 6.45) is 3.10. The van der Waals surface area contributed by atoms with Crippen molar-refractivity contribution < 1.29 is 19.4 Å². The molecule has 1 fully saturated rings. The Bertz CT molecular complexity index is 614. The number of aromatic hydroxyl groups is 1. The molecular formula is C14H16ClN3O4. The highest BCUT2D eigenvalue weighted by molar-refractivity contribution is 6.35. The van der Waals surface area contributed by atoms with Crippen LogP contribution in [0.25, 0.3) is 0 Å². The Morgan fingerprint density at radius 1 is 1.45 bits per heavy atom. The van der Waals surface area contributed by atoms with Gasteiger partial charge in [0.05, 0.1) is 17.8 Å². The fraction of sp³-hybridized carbons (Fsp3) is 0.357. The number of hydrogen-bond donors (Lipinski definition) is 3. The Morgan fingerprint density at radius 2 is 2.18 bits per heavy atom.